The van der Waals surface area contributed by atoms with E-state index in [-0.39, 0.29) is 0 Å². The van der Waals surface area contributed by atoms with Crippen LogP contribution in [-0.4, -0.2) is 9.78 Å². The van der Waals surface area contributed by atoms with Gasteiger partial charge in [-0.25, -0.2) is 4.68 Å². The van der Waals surface area contributed by atoms with Crippen LogP contribution in [0.1, 0.15) is 38.4 Å². The number of nitrogens with zero attached hydrogens (tertiary/aromatic N) is 2. The third kappa shape index (κ3) is 2.92. The highest BCUT2D eigenvalue weighted by atomic mass is 15.3. The first-order valence-corrected chi connectivity index (χ1v) is 6.63. The summed E-state index contributed by atoms with van der Waals surface area (Å²) in [5.41, 5.74) is 9.29. The Balaban J connectivity index is 0.000000771. The van der Waals surface area contributed by atoms with E-state index in [0.29, 0.717) is 0 Å². The second-order valence-corrected chi connectivity index (χ2v) is 3.95. The summed E-state index contributed by atoms with van der Waals surface area (Å²) in [6.45, 7) is 8.18. The lowest BCUT2D eigenvalue weighted by molar-refractivity contribution is 0.809. The number of nitrogens with two attached hydrogens (primary N) is 1. The van der Waals surface area contributed by atoms with E-state index in [2.05, 4.69) is 12.0 Å². The second kappa shape index (κ2) is 6.84. The van der Waals surface area contributed by atoms with Crippen LogP contribution in [0.5, 0.6) is 0 Å². The summed E-state index contributed by atoms with van der Waals surface area (Å²) >= 11 is 0. The van der Waals surface area contributed by atoms with Crippen molar-refractivity contribution in [3.63, 3.8) is 0 Å². The van der Waals surface area contributed by atoms with Gasteiger partial charge >= 0.3 is 0 Å². The maximum absolute atomic E-state index is 6.07. The number of anilines is 1. The van der Waals surface area contributed by atoms with E-state index < -0.39 is 0 Å². The Bertz CT molecular complexity index is 472. The van der Waals surface area contributed by atoms with Gasteiger partial charge in [-0.15, -0.1) is 0 Å². The maximum Gasteiger partial charge on any atom is 0.130 e. The highest BCUT2D eigenvalue weighted by Crippen LogP contribution is 2.20. The number of aryl methyl sites for hydroxylation is 1. The van der Waals surface area contributed by atoms with Crippen LogP contribution in [0.3, 0.4) is 0 Å². The molecule has 1 heterocycles. The van der Waals surface area contributed by atoms with Gasteiger partial charge in [-0.05, 0) is 25.5 Å². The Morgan fingerprint density at radius 3 is 2.33 bits per heavy atom. The number of aromatic nitrogens is 2. The van der Waals surface area contributed by atoms with Crippen LogP contribution in [0.4, 0.5) is 5.82 Å². The molecule has 2 rings (SSSR count). The van der Waals surface area contributed by atoms with E-state index in [0.717, 1.165) is 35.6 Å². The van der Waals surface area contributed by atoms with Crippen LogP contribution in [0, 0.1) is 6.92 Å². The Hall–Kier alpha value is -1.77. The lowest BCUT2D eigenvalue weighted by Crippen LogP contribution is -2.01. The smallest absolute Gasteiger partial charge is 0.130 e. The molecular formula is C15H23N3. The molecule has 2 aromatic rings. The number of rotatable bonds is 3. The molecule has 0 bridgehead atoms. The third-order valence-corrected chi connectivity index (χ3v) is 2.75. The Morgan fingerprint density at radius 1 is 1.17 bits per heavy atom. The lowest BCUT2D eigenvalue weighted by Gasteiger charge is -2.02. The number of hydrogen-bond acceptors (Lipinski definition) is 2. The minimum Gasteiger partial charge on any atom is -0.383 e. The summed E-state index contributed by atoms with van der Waals surface area (Å²) in [6.07, 6.45) is 2.07. The zero-order valence-electron chi connectivity index (χ0n) is 11.8. The molecule has 0 saturated carbocycles. The van der Waals surface area contributed by atoms with Gasteiger partial charge in [-0.1, -0.05) is 45.4 Å². The molecule has 0 saturated heterocycles. The maximum atomic E-state index is 6.07. The molecule has 18 heavy (non-hydrogen) atoms. The number of para-hydroxylation sites is 1. The van der Waals surface area contributed by atoms with Crippen LogP contribution in [0.2, 0.25) is 0 Å². The molecule has 3 heteroatoms. The summed E-state index contributed by atoms with van der Waals surface area (Å²) in [5.74, 6) is 0.745. The van der Waals surface area contributed by atoms with E-state index in [9.17, 15) is 0 Å². The van der Waals surface area contributed by atoms with Crippen molar-refractivity contribution >= 4 is 5.82 Å². The van der Waals surface area contributed by atoms with Gasteiger partial charge in [0, 0.05) is 5.56 Å². The molecule has 0 amide bonds. The van der Waals surface area contributed by atoms with Gasteiger partial charge in [-0.2, -0.15) is 5.10 Å². The first kappa shape index (κ1) is 14.3. The summed E-state index contributed by atoms with van der Waals surface area (Å²) in [4.78, 5) is 0. The third-order valence-electron chi connectivity index (χ3n) is 2.75. The molecule has 0 atom stereocenters. The lowest BCUT2D eigenvalue weighted by atomic mass is 10.2. The van der Waals surface area contributed by atoms with Crippen molar-refractivity contribution < 1.29 is 0 Å². The largest absolute Gasteiger partial charge is 0.383 e. The van der Waals surface area contributed by atoms with Crippen molar-refractivity contribution in [2.75, 3.05) is 5.73 Å². The van der Waals surface area contributed by atoms with Crippen LogP contribution < -0.4 is 5.73 Å². The zero-order chi connectivity index (χ0) is 13.5. The molecule has 0 aliphatic rings. The summed E-state index contributed by atoms with van der Waals surface area (Å²) in [6, 6.07) is 10.00. The van der Waals surface area contributed by atoms with Gasteiger partial charge < -0.3 is 5.73 Å². The number of benzene rings is 1. The van der Waals surface area contributed by atoms with Gasteiger partial charge in [0.2, 0.25) is 0 Å². The standard InChI is InChI=1S/C13H17N3.C2H6/c1-3-7-12-10(2)13(14)16(15-12)11-8-5-4-6-9-11;1-2/h4-6,8-9H,3,7,14H2,1-2H3;1-2H3. The number of nitrogen functional groups attached to an aromatic ring is 1. The molecule has 0 radical (unpaired) electrons. The monoisotopic (exact) mass is 245 g/mol. The molecule has 3 nitrogen and oxygen atoms in total. The van der Waals surface area contributed by atoms with Gasteiger partial charge in [0.15, 0.2) is 0 Å². The normalized spacial score (nSPS) is 9.78. The van der Waals surface area contributed by atoms with E-state index in [1.807, 2.05) is 55.8 Å². The SMILES string of the molecule is CC.CCCc1nn(-c2ccccc2)c(N)c1C. The van der Waals surface area contributed by atoms with E-state index >= 15 is 0 Å². The zero-order valence-corrected chi connectivity index (χ0v) is 11.8. The van der Waals surface area contributed by atoms with Gasteiger partial charge in [0.1, 0.15) is 5.82 Å². The first-order valence-electron chi connectivity index (χ1n) is 6.63. The highest BCUT2D eigenvalue weighted by molar-refractivity contribution is 5.49. The molecule has 0 aliphatic heterocycles. The molecule has 2 N–H and O–H groups in total. The average molecular weight is 245 g/mol. The molecule has 0 unspecified atom stereocenters. The fourth-order valence-corrected chi connectivity index (χ4v) is 1.80. The predicted octanol–water partition coefficient (Wildman–Crippen LogP) is 3.74. The Labute approximate surface area is 110 Å². The Morgan fingerprint density at radius 2 is 1.78 bits per heavy atom. The molecule has 98 valence electrons. The molecule has 1 aromatic carbocycles. The van der Waals surface area contributed by atoms with Crippen molar-refractivity contribution in [2.24, 2.45) is 0 Å². The van der Waals surface area contributed by atoms with Crippen LogP contribution in [0.15, 0.2) is 30.3 Å². The summed E-state index contributed by atoms with van der Waals surface area (Å²) in [7, 11) is 0. The summed E-state index contributed by atoms with van der Waals surface area (Å²) < 4.78 is 1.82. The van der Waals surface area contributed by atoms with Gasteiger partial charge in [0.05, 0.1) is 11.4 Å². The first-order chi connectivity index (χ1) is 8.74. The van der Waals surface area contributed by atoms with Crippen molar-refractivity contribution in [1.29, 1.82) is 0 Å². The van der Waals surface area contributed by atoms with E-state index in [1.165, 1.54) is 0 Å². The fraction of sp³-hybridized carbons (Fsp3) is 0.400. The Kier molecular flexibility index (Phi) is 5.43. The van der Waals surface area contributed by atoms with Crippen molar-refractivity contribution in [1.82, 2.24) is 9.78 Å². The van der Waals surface area contributed by atoms with Crippen molar-refractivity contribution in [2.45, 2.75) is 40.5 Å². The topological polar surface area (TPSA) is 43.8 Å². The molecule has 0 aliphatic carbocycles. The molecule has 0 fully saturated rings. The summed E-state index contributed by atoms with van der Waals surface area (Å²) in [5, 5.41) is 4.56. The van der Waals surface area contributed by atoms with Crippen molar-refractivity contribution in [3.05, 3.63) is 41.6 Å². The average Bonchev–Trinajstić information content (AvgIpc) is 2.71. The minimum absolute atomic E-state index is 0.745. The van der Waals surface area contributed by atoms with E-state index in [4.69, 9.17) is 5.73 Å². The minimum atomic E-state index is 0.745. The predicted molar refractivity (Wildman–Crippen MR) is 78.1 cm³/mol. The number of hydrogen-bond donors (Lipinski definition) is 1. The molecular weight excluding hydrogens is 222 g/mol. The fourth-order valence-electron chi connectivity index (χ4n) is 1.80. The highest BCUT2D eigenvalue weighted by Gasteiger charge is 2.11. The van der Waals surface area contributed by atoms with Gasteiger partial charge in [-0.3, -0.25) is 0 Å². The van der Waals surface area contributed by atoms with E-state index in [1.54, 1.807) is 0 Å². The van der Waals surface area contributed by atoms with Gasteiger partial charge in [0.25, 0.3) is 0 Å². The van der Waals surface area contributed by atoms with Crippen molar-refractivity contribution in [3.8, 4) is 5.69 Å². The quantitative estimate of drug-likeness (QED) is 0.895. The van der Waals surface area contributed by atoms with Crippen LogP contribution in [0.25, 0.3) is 5.69 Å². The molecule has 0 spiro atoms. The molecule has 1 aromatic heterocycles. The second-order valence-electron chi connectivity index (χ2n) is 3.95. The van der Waals surface area contributed by atoms with Crippen LogP contribution >= 0.6 is 0 Å². The van der Waals surface area contributed by atoms with Crippen LogP contribution in [-0.2, 0) is 6.42 Å².